The van der Waals surface area contributed by atoms with E-state index in [1.54, 1.807) is 18.2 Å². The fraction of sp³-hybridized carbons (Fsp3) is 0.500. The first-order valence-electron chi connectivity index (χ1n) is 6.58. The fourth-order valence-corrected chi connectivity index (χ4v) is 2.30. The zero-order valence-corrected chi connectivity index (χ0v) is 11.7. The number of aliphatic hydroxyl groups is 1. The minimum Gasteiger partial charge on any atom is -0.493 e. The van der Waals surface area contributed by atoms with Crippen LogP contribution in [-0.2, 0) is 0 Å². The SMILES string of the molecule is COc1cccc(C(=O)N[C@H]2CNCC[C@H]2O)c1OC. The second kappa shape index (κ2) is 6.58. The van der Waals surface area contributed by atoms with Gasteiger partial charge in [0, 0.05) is 6.54 Å². The zero-order valence-electron chi connectivity index (χ0n) is 11.7. The summed E-state index contributed by atoms with van der Waals surface area (Å²) < 4.78 is 10.4. The smallest absolute Gasteiger partial charge is 0.255 e. The summed E-state index contributed by atoms with van der Waals surface area (Å²) in [7, 11) is 3.01. The number of carbonyl (C=O) groups is 1. The maximum atomic E-state index is 12.3. The monoisotopic (exact) mass is 280 g/mol. The van der Waals surface area contributed by atoms with Crippen LogP contribution in [0.1, 0.15) is 16.8 Å². The Bertz CT molecular complexity index is 478. The molecule has 1 saturated heterocycles. The molecule has 20 heavy (non-hydrogen) atoms. The average molecular weight is 280 g/mol. The van der Waals surface area contributed by atoms with E-state index in [1.165, 1.54) is 14.2 Å². The number of para-hydroxylation sites is 1. The minimum atomic E-state index is -0.531. The summed E-state index contributed by atoms with van der Waals surface area (Å²) in [6.07, 6.45) is 0.0945. The van der Waals surface area contributed by atoms with Crippen molar-refractivity contribution < 1.29 is 19.4 Å². The number of rotatable bonds is 4. The van der Waals surface area contributed by atoms with Crippen LogP contribution in [0.25, 0.3) is 0 Å². The molecule has 6 nitrogen and oxygen atoms in total. The van der Waals surface area contributed by atoms with E-state index in [1.807, 2.05) is 0 Å². The highest BCUT2D eigenvalue weighted by Crippen LogP contribution is 2.30. The summed E-state index contributed by atoms with van der Waals surface area (Å²) in [5.74, 6) is 0.613. The molecule has 1 heterocycles. The molecule has 1 aromatic carbocycles. The van der Waals surface area contributed by atoms with Crippen LogP contribution in [0.5, 0.6) is 11.5 Å². The van der Waals surface area contributed by atoms with Crippen LogP contribution in [0.2, 0.25) is 0 Å². The summed E-state index contributed by atoms with van der Waals surface area (Å²) >= 11 is 0. The number of amides is 1. The molecule has 0 unspecified atom stereocenters. The van der Waals surface area contributed by atoms with E-state index in [0.29, 0.717) is 30.0 Å². The van der Waals surface area contributed by atoms with E-state index in [9.17, 15) is 9.90 Å². The van der Waals surface area contributed by atoms with Crippen molar-refractivity contribution in [2.75, 3.05) is 27.3 Å². The van der Waals surface area contributed by atoms with Gasteiger partial charge in [0.1, 0.15) is 0 Å². The normalized spacial score (nSPS) is 22.1. The van der Waals surface area contributed by atoms with Gasteiger partial charge < -0.3 is 25.2 Å². The first-order valence-corrected chi connectivity index (χ1v) is 6.58. The van der Waals surface area contributed by atoms with Crippen molar-refractivity contribution in [3.63, 3.8) is 0 Å². The first-order chi connectivity index (χ1) is 9.67. The number of aliphatic hydroxyl groups excluding tert-OH is 1. The van der Waals surface area contributed by atoms with E-state index in [0.717, 1.165) is 6.54 Å². The third kappa shape index (κ3) is 3.02. The lowest BCUT2D eigenvalue weighted by Crippen LogP contribution is -2.53. The number of hydrogen-bond donors (Lipinski definition) is 3. The molecule has 1 aliphatic rings. The predicted molar refractivity (Wildman–Crippen MR) is 74.3 cm³/mol. The molecule has 0 radical (unpaired) electrons. The number of ether oxygens (including phenoxy) is 2. The molecule has 3 N–H and O–H groups in total. The van der Waals surface area contributed by atoms with Crippen LogP contribution in [0.3, 0.4) is 0 Å². The average Bonchev–Trinajstić information content (AvgIpc) is 2.48. The highest BCUT2D eigenvalue weighted by molar-refractivity contribution is 5.98. The Balaban J connectivity index is 2.16. The second-order valence-corrected chi connectivity index (χ2v) is 4.68. The van der Waals surface area contributed by atoms with Crippen molar-refractivity contribution in [3.05, 3.63) is 23.8 Å². The van der Waals surface area contributed by atoms with Crippen molar-refractivity contribution in [1.82, 2.24) is 10.6 Å². The minimum absolute atomic E-state index is 0.284. The zero-order chi connectivity index (χ0) is 14.5. The van der Waals surface area contributed by atoms with Gasteiger partial charge in [0.15, 0.2) is 11.5 Å². The Hall–Kier alpha value is -1.79. The summed E-state index contributed by atoms with van der Waals surface area (Å²) in [5, 5.41) is 15.8. The van der Waals surface area contributed by atoms with Gasteiger partial charge in [-0.2, -0.15) is 0 Å². The van der Waals surface area contributed by atoms with Gasteiger partial charge in [0.25, 0.3) is 5.91 Å². The van der Waals surface area contributed by atoms with Gasteiger partial charge >= 0.3 is 0 Å². The molecule has 2 atom stereocenters. The molecular weight excluding hydrogens is 260 g/mol. The molecule has 0 aliphatic carbocycles. The summed E-state index contributed by atoms with van der Waals surface area (Å²) in [6.45, 7) is 1.31. The number of carbonyl (C=O) groups excluding carboxylic acids is 1. The summed E-state index contributed by atoms with van der Waals surface area (Å²) in [6, 6.07) is 4.82. The van der Waals surface area contributed by atoms with Gasteiger partial charge in [-0.1, -0.05) is 6.07 Å². The molecule has 2 rings (SSSR count). The van der Waals surface area contributed by atoms with E-state index in [4.69, 9.17) is 9.47 Å². The number of methoxy groups -OCH3 is 2. The van der Waals surface area contributed by atoms with Crippen LogP contribution < -0.4 is 20.1 Å². The van der Waals surface area contributed by atoms with Gasteiger partial charge in [0.2, 0.25) is 0 Å². The molecule has 6 heteroatoms. The van der Waals surface area contributed by atoms with Gasteiger partial charge in [-0.05, 0) is 25.1 Å². The van der Waals surface area contributed by atoms with Crippen molar-refractivity contribution in [2.24, 2.45) is 0 Å². The Morgan fingerprint density at radius 2 is 2.20 bits per heavy atom. The standard InChI is InChI=1S/C14H20N2O4/c1-19-12-5-3-4-9(13(12)20-2)14(18)16-10-8-15-7-6-11(10)17/h3-5,10-11,15,17H,6-8H2,1-2H3,(H,16,18)/t10-,11+/m0/s1. The maximum Gasteiger partial charge on any atom is 0.255 e. The Morgan fingerprint density at radius 1 is 1.40 bits per heavy atom. The van der Waals surface area contributed by atoms with E-state index < -0.39 is 6.10 Å². The molecule has 110 valence electrons. The molecule has 0 saturated carbocycles. The number of hydrogen-bond acceptors (Lipinski definition) is 5. The molecule has 1 aromatic rings. The summed E-state index contributed by atoms with van der Waals surface area (Å²) in [5.41, 5.74) is 0.393. The van der Waals surface area contributed by atoms with Crippen molar-refractivity contribution in [1.29, 1.82) is 0 Å². The quantitative estimate of drug-likeness (QED) is 0.732. The van der Waals surface area contributed by atoms with Gasteiger partial charge in [-0.3, -0.25) is 4.79 Å². The van der Waals surface area contributed by atoms with Gasteiger partial charge in [-0.15, -0.1) is 0 Å². The van der Waals surface area contributed by atoms with Crippen molar-refractivity contribution in [2.45, 2.75) is 18.6 Å². The van der Waals surface area contributed by atoms with Crippen molar-refractivity contribution in [3.8, 4) is 11.5 Å². The second-order valence-electron chi connectivity index (χ2n) is 4.68. The highest BCUT2D eigenvalue weighted by Gasteiger charge is 2.26. The number of benzene rings is 1. The van der Waals surface area contributed by atoms with Crippen LogP contribution in [0.15, 0.2) is 18.2 Å². The third-order valence-corrected chi connectivity index (χ3v) is 3.41. The molecular formula is C14H20N2O4. The Morgan fingerprint density at radius 3 is 2.85 bits per heavy atom. The largest absolute Gasteiger partial charge is 0.493 e. The van der Waals surface area contributed by atoms with Crippen molar-refractivity contribution >= 4 is 5.91 Å². The lowest BCUT2D eigenvalue weighted by atomic mass is 10.0. The molecule has 1 fully saturated rings. The highest BCUT2D eigenvalue weighted by atomic mass is 16.5. The van der Waals surface area contributed by atoms with Crippen LogP contribution in [0.4, 0.5) is 0 Å². The Kier molecular flexibility index (Phi) is 4.81. The van der Waals surface area contributed by atoms with Gasteiger partial charge in [0.05, 0.1) is 31.9 Å². The maximum absolute atomic E-state index is 12.3. The third-order valence-electron chi connectivity index (χ3n) is 3.41. The molecule has 0 aromatic heterocycles. The van der Waals surface area contributed by atoms with E-state index in [2.05, 4.69) is 10.6 Å². The fourth-order valence-electron chi connectivity index (χ4n) is 2.30. The Labute approximate surface area is 118 Å². The lowest BCUT2D eigenvalue weighted by molar-refractivity contribution is 0.0752. The topological polar surface area (TPSA) is 79.8 Å². The number of nitrogens with one attached hydrogen (secondary N) is 2. The first kappa shape index (κ1) is 14.6. The van der Waals surface area contributed by atoms with E-state index >= 15 is 0 Å². The predicted octanol–water partition coefficient (Wildman–Crippen LogP) is 0.156. The summed E-state index contributed by atoms with van der Waals surface area (Å²) in [4.78, 5) is 12.3. The molecule has 1 amide bonds. The van der Waals surface area contributed by atoms with E-state index in [-0.39, 0.29) is 11.9 Å². The van der Waals surface area contributed by atoms with Crippen LogP contribution >= 0.6 is 0 Å². The number of piperidine rings is 1. The van der Waals surface area contributed by atoms with Crippen LogP contribution in [0, 0.1) is 0 Å². The lowest BCUT2D eigenvalue weighted by Gasteiger charge is -2.29. The van der Waals surface area contributed by atoms with Crippen LogP contribution in [-0.4, -0.2) is 50.5 Å². The molecule has 1 aliphatic heterocycles. The molecule has 0 spiro atoms. The molecule has 0 bridgehead atoms. The van der Waals surface area contributed by atoms with Gasteiger partial charge in [-0.25, -0.2) is 0 Å².